The first-order chi connectivity index (χ1) is 55.8. The van der Waals surface area contributed by atoms with E-state index in [1.807, 2.05) is 217 Å². The van der Waals surface area contributed by atoms with Crippen molar-refractivity contribution in [1.82, 2.24) is 49.1 Å². The molecule has 0 spiro atoms. The molecule has 0 N–H and O–H groups in total. The second-order valence-electron chi connectivity index (χ2n) is 30.6. The number of methoxy groups -OCH3 is 3. The first kappa shape index (κ1) is 87.2. The molecular weight excluding hydrogens is 1480 g/mol. The molecule has 1 fully saturated rings. The Labute approximate surface area is 685 Å². The molecule has 0 saturated heterocycles. The maximum Gasteiger partial charge on any atom is 0.161 e. The molecular formula is C93H107N11O13. The van der Waals surface area contributed by atoms with Gasteiger partial charge in [0.15, 0.2) is 23.1 Å². The minimum absolute atomic E-state index is 0.0139. The fourth-order valence-electron chi connectivity index (χ4n) is 11.5. The zero-order valence-electron chi connectivity index (χ0n) is 70.4. The third kappa shape index (κ3) is 23.3. The molecule has 6 heterocycles. The van der Waals surface area contributed by atoms with E-state index in [0.717, 1.165) is 126 Å². The molecule has 612 valence electrons. The maximum absolute atomic E-state index is 11.9. The topological polar surface area (TPSA) is 252 Å². The average molecular weight is 1590 g/mol. The van der Waals surface area contributed by atoms with Crippen molar-refractivity contribution in [1.29, 1.82) is 0 Å². The molecule has 1 saturated carbocycles. The number of nitrogens with zero attached hydrogens (tertiary/aromatic N) is 11. The average Bonchev–Trinajstić information content (AvgIpc) is 1.68. The number of carbonyl (C=O) groups excluding carboxylic acids is 4. The molecule has 13 rings (SSSR count). The van der Waals surface area contributed by atoms with Gasteiger partial charge < -0.3 is 47.5 Å². The Hall–Kier alpha value is -12.2. The molecule has 0 atom stereocenters. The van der Waals surface area contributed by atoms with Crippen molar-refractivity contribution in [2.24, 2.45) is 0 Å². The van der Waals surface area contributed by atoms with Crippen molar-refractivity contribution in [2.45, 2.75) is 171 Å². The van der Waals surface area contributed by atoms with Crippen molar-refractivity contribution in [3.8, 4) is 96.5 Å². The highest BCUT2D eigenvalue weighted by molar-refractivity contribution is 5.85. The van der Waals surface area contributed by atoms with E-state index >= 15 is 0 Å². The summed E-state index contributed by atoms with van der Waals surface area (Å²) < 4.78 is 59.0. The lowest BCUT2D eigenvalue weighted by Crippen LogP contribution is -2.32. The lowest BCUT2D eigenvalue weighted by atomic mass is 10.1. The summed E-state index contributed by atoms with van der Waals surface area (Å²) in [6.07, 6.45) is 9.56. The number of aromatic nitrogens is 10. The maximum atomic E-state index is 11.9. The third-order valence-electron chi connectivity index (χ3n) is 19.6. The standard InChI is InChI=1S/C26H31N3O3.C25H30N2O4.2C21H23N3O3/c1-18(30)26(2,3)31-17-20-16-25(19-9-8-10-22(15-19)32-21-13-14-21)29(27-20)24-12-7-6-11-23(24)28(4)5;1-17(2)31-21-11-9-10-19(14-21)23-15-20(16-30-25(4,5)18(3)28)26-27(23)22-12-7-8-13-24(22)29-6;1-15(25)21(2,3)27-14-17-12-20(16-7-5-9-19(11-16)26-4)24(23-17)18-8-6-10-22-13-18;1-15(25)21(2,3)27-14-17-13-20(16-6-5-7-19(12-16)26-4)24(23-17)18-8-10-22-11-9-18/h6-12,15-16,21H,13-14,17H2,1-5H3;7-15,17H,16H2,1-6H3;2*5-13H,14H2,1-4H3. The van der Waals surface area contributed by atoms with Gasteiger partial charge in [0.05, 0.1) is 134 Å². The molecule has 24 heteroatoms. The minimum atomic E-state index is -0.876. The van der Waals surface area contributed by atoms with E-state index in [-0.39, 0.29) is 55.7 Å². The zero-order chi connectivity index (χ0) is 84.4. The smallest absolute Gasteiger partial charge is 0.161 e. The highest BCUT2D eigenvalue weighted by atomic mass is 16.5. The second kappa shape index (κ2) is 38.9. The van der Waals surface area contributed by atoms with Gasteiger partial charge in [0, 0.05) is 54.9 Å². The van der Waals surface area contributed by atoms with Gasteiger partial charge in [-0.25, -0.2) is 18.7 Å². The van der Waals surface area contributed by atoms with E-state index < -0.39 is 22.4 Å². The molecule has 117 heavy (non-hydrogen) atoms. The summed E-state index contributed by atoms with van der Waals surface area (Å²) in [6.45, 7) is 25.2. The SMILES string of the molecule is CC(=O)C(C)(C)OCc1cc(-c2cccc(OC3CC3)c2)n(-c2ccccc2N(C)C)n1.COc1cccc(-c2cc(COC(C)(C)C(C)=O)nn2-c2cccnc2)c1.COc1cccc(-c2cc(COC(C)(C)C(C)=O)nn2-c2ccncc2)c1.COc1ccccc1-n1nc(COC(C)(C)C(C)=O)cc1-c1cccc(OC(C)C)c1. The lowest BCUT2D eigenvalue weighted by Gasteiger charge is -2.21. The van der Waals surface area contributed by atoms with Crippen LogP contribution in [0.25, 0.3) is 67.8 Å². The predicted molar refractivity (Wildman–Crippen MR) is 453 cm³/mol. The van der Waals surface area contributed by atoms with E-state index in [1.54, 1.807) is 108 Å². The summed E-state index contributed by atoms with van der Waals surface area (Å²) in [6, 6.07) is 63.0. The van der Waals surface area contributed by atoms with Crippen LogP contribution in [0.3, 0.4) is 0 Å². The number of carbonyl (C=O) groups is 4. The fraction of sp³-hybridized carbons (Fsp3) is 0.333. The Bertz CT molecular complexity index is 5190. The first-order valence-electron chi connectivity index (χ1n) is 38.8. The Morgan fingerprint density at radius 3 is 1.18 bits per heavy atom. The number of hydrogen-bond acceptors (Lipinski definition) is 20. The van der Waals surface area contributed by atoms with Gasteiger partial charge in [-0.1, -0.05) is 72.8 Å². The van der Waals surface area contributed by atoms with Crippen LogP contribution in [0.2, 0.25) is 0 Å². The van der Waals surface area contributed by atoms with E-state index in [2.05, 4.69) is 49.3 Å². The van der Waals surface area contributed by atoms with Crippen molar-refractivity contribution in [3.05, 3.63) is 242 Å². The Kier molecular flexibility index (Phi) is 29.0. The zero-order valence-corrected chi connectivity index (χ0v) is 70.4. The van der Waals surface area contributed by atoms with E-state index in [1.165, 1.54) is 20.8 Å². The molecule has 0 unspecified atom stereocenters. The van der Waals surface area contributed by atoms with Crippen LogP contribution in [0.15, 0.2) is 219 Å². The van der Waals surface area contributed by atoms with Gasteiger partial charge in [0.25, 0.3) is 0 Å². The number of hydrogen-bond donors (Lipinski definition) is 0. The number of para-hydroxylation sites is 4. The highest BCUT2D eigenvalue weighted by Gasteiger charge is 2.31. The number of ether oxygens (including phenoxy) is 9. The van der Waals surface area contributed by atoms with Gasteiger partial charge >= 0.3 is 0 Å². The molecule has 1 aliphatic carbocycles. The molecule has 0 bridgehead atoms. The predicted octanol–water partition coefficient (Wildman–Crippen LogP) is 17.9. The molecule has 1 aliphatic rings. The van der Waals surface area contributed by atoms with Crippen LogP contribution in [-0.4, -0.2) is 142 Å². The van der Waals surface area contributed by atoms with Gasteiger partial charge in [-0.3, -0.25) is 29.1 Å². The number of benzene rings is 6. The summed E-state index contributed by atoms with van der Waals surface area (Å²) in [7, 11) is 8.96. The summed E-state index contributed by atoms with van der Waals surface area (Å²) in [5, 5.41) is 19.0. The number of pyridine rings is 2. The van der Waals surface area contributed by atoms with Crippen LogP contribution < -0.4 is 28.6 Å². The van der Waals surface area contributed by atoms with Gasteiger partial charge in [-0.15, -0.1) is 0 Å². The minimum Gasteiger partial charge on any atom is -0.497 e. The Balaban J connectivity index is 0.000000165. The molecule has 6 aromatic carbocycles. The van der Waals surface area contributed by atoms with Crippen molar-refractivity contribution >= 4 is 28.8 Å². The van der Waals surface area contributed by atoms with Crippen LogP contribution >= 0.6 is 0 Å². The fourth-order valence-corrected chi connectivity index (χ4v) is 11.5. The van der Waals surface area contributed by atoms with Gasteiger partial charge in [0.2, 0.25) is 0 Å². The van der Waals surface area contributed by atoms with E-state index in [4.69, 9.17) is 52.8 Å². The molecule has 12 aromatic rings. The van der Waals surface area contributed by atoms with Gasteiger partial charge in [-0.05, 0) is 231 Å². The highest BCUT2D eigenvalue weighted by Crippen LogP contribution is 2.37. The van der Waals surface area contributed by atoms with Crippen LogP contribution in [0.1, 0.15) is 133 Å². The third-order valence-corrected chi connectivity index (χ3v) is 19.6. The van der Waals surface area contributed by atoms with Crippen molar-refractivity contribution in [2.75, 3.05) is 40.3 Å². The summed E-state index contributed by atoms with van der Waals surface area (Å²) in [5.41, 5.74) is 11.6. The van der Waals surface area contributed by atoms with Crippen LogP contribution in [0, 0.1) is 0 Å². The van der Waals surface area contributed by atoms with Crippen molar-refractivity contribution in [3.63, 3.8) is 0 Å². The molecule has 6 aromatic heterocycles. The summed E-state index contributed by atoms with van der Waals surface area (Å²) >= 11 is 0. The van der Waals surface area contributed by atoms with Gasteiger partial charge in [0.1, 0.15) is 56.8 Å². The quantitative estimate of drug-likeness (QED) is 0.0380. The number of ketones is 4. The van der Waals surface area contributed by atoms with E-state index in [9.17, 15) is 19.2 Å². The number of rotatable bonds is 32. The molecule has 0 amide bonds. The van der Waals surface area contributed by atoms with Crippen LogP contribution in [0.4, 0.5) is 5.69 Å². The molecule has 0 radical (unpaired) electrons. The largest absolute Gasteiger partial charge is 0.497 e. The summed E-state index contributed by atoms with van der Waals surface area (Å²) in [4.78, 5) is 57.4. The Morgan fingerprint density at radius 2 is 0.778 bits per heavy atom. The van der Waals surface area contributed by atoms with Crippen LogP contribution in [-0.2, 0) is 64.6 Å². The second-order valence-corrected chi connectivity index (χ2v) is 30.6. The monoisotopic (exact) mass is 1590 g/mol. The van der Waals surface area contributed by atoms with Crippen molar-refractivity contribution < 1.29 is 61.8 Å². The molecule has 0 aliphatic heterocycles. The number of Topliss-reactive ketones (excluding diaryl/α,β-unsaturated/α-hetero) is 4. The Morgan fingerprint density at radius 1 is 0.402 bits per heavy atom. The normalized spacial score (nSPS) is 12.1. The summed E-state index contributed by atoms with van der Waals surface area (Å²) in [5.74, 6) is 3.80. The molecule has 24 nitrogen and oxygen atoms in total. The van der Waals surface area contributed by atoms with Gasteiger partial charge in [-0.2, -0.15) is 20.4 Å². The van der Waals surface area contributed by atoms with Crippen LogP contribution in [0.5, 0.6) is 28.7 Å². The lowest BCUT2D eigenvalue weighted by molar-refractivity contribution is -0.140. The van der Waals surface area contributed by atoms with E-state index in [0.29, 0.717) is 17.5 Å². The first-order valence-corrected chi connectivity index (χ1v) is 38.8. The number of anilines is 1.